The smallest absolute Gasteiger partial charge is 0.261 e. The number of nitrogens with zero attached hydrogens (tertiary/aromatic N) is 5. The number of anilines is 1. The number of halogens is 2. The van der Waals surface area contributed by atoms with Crippen molar-refractivity contribution in [3.05, 3.63) is 51.0 Å². The second-order valence-electron chi connectivity index (χ2n) is 6.92. The van der Waals surface area contributed by atoms with Crippen LogP contribution in [0.15, 0.2) is 34.7 Å². The number of fused-ring (bicyclic) bond motifs is 1. The van der Waals surface area contributed by atoms with Gasteiger partial charge in [0.05, 0.1) is 34.5 Å². The SMILES string of the molecule is Cc1nc(CN2CCN(c3ccc4c(=O)n(CC(F)F)cnc4c3)CC2)cs1. The number of hydrogen-bond acceptors (Lipinski definition) is 6. The lowest BCUT2D eigenvalue weighted by Gasteiger charge is -2.35. The maximum absolute atomic E-state index is 12.6. The van der Waals surface area contributed by atoms with E-state index < -0.39 is 18.5 Å². The van der Waals surface area contributed by atoms with Crippen molar-refractivity contribution < 1.29 is 8.78 Å². The molecule has 0 aliphatic carbocycles. The average Bonchev–Trinajstić information content (AvgIpc) is 3.09. The van der Waals surface area contributed by atoms with Crippen LogP contribution in [0.25, 0.3) is 10.9 Å². The third kappa shape index (κ3) is 4.05. The third-order valence-electron chi connectivity index (χ3n) is 4.93. The van der Waals surface area contributed by atoms with Gasteiger partial charge in [-0.3, -0.25) is 14.3 Å². The average molecular weight is 405 g/mol. The van der Waals surface area contributed by atoms with Gasteiger partial charge in [0, 0.05) is 43.8 Å². The summed E-state index contributed by atoms with van der Waals surface area (Å²) in [6, 6.07) is 5.42. The zero-order valence-corrected chi connectivity index (χ0v) is 16.3. The van der Waals surface area contributed by atoms with Crippen LogP contribution < -0.4 is 10.5 Å². The number of benzene rings is 1. The van der Waals surface area contributed by atoms with E-state index in [2.05, 4.69) is 25.1 Å². The van der Waals surface area contributed by atoms with E-state index in [1.165, 1.54) is 6.33 Å². The van der Waals surface area contributed by atoms with Crippen LogP contribution >= 0.6 is 11.3 Å². The van der Waals surface area contributed by atoms with Crippen molar-refractivity contribution in [3.63, 3.8) is 0 Å². The molecule has 0 saturated carbocycles. The summed E-state index contributed by atoms with van der Waals surface area (Å²) in [6.07, 6.45) is -1.38. The van der Waals surface area contributed by atoms with Crippen LogP contribution in [0.2, 0.25) is 0 Å². The van der Waals surface area contributed by atoms with Crippen LogP contribution in [0.1, 0.15) is 10.7 Å². The van der Waals surface area contributed by atoms with E-state index in [0.717, 1.165) is 53.7 Å². The van der Waals surface area contributed by atoms with Crippen molar-refractivity contribution in [2.45, 2.75) is 26.4 Å². The zero-order valence-electron chi connectivity index (χ0n) is 15.5. The maximum atomic E-state index is 12.6. The van der Waals surface area contributed by atoms with Gasteiger partial charge in [-0.1, -0.05) is 0 Å². The van der Waals surface area contributed by atoms with Crippen LogP contribution in [0.5, 0.6) is 0 Å². The number of thiazole rings is 1. The number of alkyl halides is 2. The molecular weight excluding hydrogens is 384 g/mol. The van der Waals surface area contributed by atoms with Crippen LogP contribution in [-0.2, 0) is 13.1 Å². The van der Waals surface area contributed by atoms with E-state index in [1.54, 1.807) is 17.4 Å². The minimum atomic E-state index is -2.58. The van der Waals surface area contributed by atoms with Gasteiger partial charge >= 0.3 is 0 Å². The Kier molecular flexibility index (Phi) is 5.36. The van der Waals surface area contributed by atoms with Crippen LogP contribution in [0, 0.1) is 6.92 Å². The summed E-state index contributed by atoms with van der Waals surface area (Å²) in [5.74, 6) is 0. The molecule has 0 N–H and O–H groups in total. The van der Waals surface area contributed by atoms with Gasteiger partial charge in [0.15, 0.2) is 0 Å². The lowest BCUT2D eigenvalue weighted by Crippen LogP contribution is -2.46. The molecule has 0 bridgehead atoms. The molecule has 6 nitrogen and oxygen atoms in total. The van der Waals surface area contributed by atoms with Crippen LogP contribution in [0.4, 0.5) is 14.5 Å². The van der Waals surface area contributed by atoms with Gasteiger partial charge in [-0.25, -0.2) is 18.7 Å². The summed E-state index contributed by atoms with van der Waals surface area (Å²) in [5.41, 5.74) is 2.22. The fourth-order valence-electron chi connectivity index (χ4n) is 3.50. The molecule has 28 heavy (non-hydrogen) atoms. The standard InChI is InChI=1S/C19H21F2N5OS/c1-13-23-14(11-28-13)9-24-4-6-25(7-5-24)15-2-3-16-17(8-15)22-12-26(19(16)27)10-18(20)21/h2-3,8,11-12,18H,4-7,9-10H2,1H3. The molecule has 9 heteroatoms. The van der Waals surface area contributed by atoms with Crippen molar-refractivity contribution in [1.82, 2.24) is 19.4 Å². The first-order valence-corrected chi connectivity index (χ1v) is 10.0. The molecular formula is C19H21F2N5OS. The third-order valence-corrected chi connectivity index (χ3v) is 5.76. The van der Waals surface area contributed by atoms with E-state index in [-0.39, 0.29) is 0 Å². The summed E-state index contributed by atoms with van der Waals surface area (Å²) < 4.78 is 26.1. The largest absolute Gasteiger partial charge is 0.369 e. The van der Waals surface area contributed by atoms with E-state index >= 15 is 0 Å². The Hall–Kier alpha value is -2.39. The molecule has 0 radical (unpaired) electrons. The summed E-state index contributed by atoms with van der Waals surface area (Å²) >= 11 is 1.67. The van der Waals surface area contributed by atoms with Gasteiger partial charge in [-0.2, -0.15) is 0 Å². The predicted molar refractivity (Wildman–Crippen MR) is 106 cm³/mol. The molecule has 3 aromatic rings. The minimum absolute atomic E-state index is 0.365. The molecule has 0 atom stereocenters. The predicted octanol–water partition coefficient (Wildman–Crippen LogP) is 2.75. The molecule has 4 rings (SSSR count). The molecule has 1 aliphatic rings. The summed E-state index contributed by atoms with van der Waals surface area (Å²) in [6.45, 7) is 5.84. The highest BCUT2D eigenvalue weighted by molar-refractivity contribution is 7.09. The molecule has 2 aromatic heterocycles. The highest BCUT2D eigenvalue weighted by Crippen LogP contribution is 2.21. The fraction of sp³-hybridized carbons (Fsp3) is 0.421. The van der Waals surface area contributed by atoms with Crippen molar-refractivity contribution in [3.8, 4) is 0 Å². The number of rotatable bonds is 5. The molecule has 1 fully saturated rings. The van der Waals surface area contributed by atoms with Crippen LogP contribution in [-0.4, -0.2) is 52.0 Å². The fourth-order valence-corrected chi connectivity index (χ4v) is 4.10. The first kappa shape index (κ1) is 18.9. The summed E-state index contributed by atoms with van der Waals surface area (Å²) in [7, 11) is 0. The van der Waals surface area contributed by atoms with Gasteiger partial charge in [0.25, 0.3) is 12.0 Å². The number of aryl methyl sites for hydroxylation is 1. The maximum Gasteiger partial charge on any atom is 0.261 e. The Labute approximate surface area is 165 Å². The van der Waals surface area contributed by atoms with Crippen molar-refractivity contribution in [1.29, 1.82) is 0 Å². The van der Waals surface area contributed by atoms with E-state index in [4.69, 9.17) is 0 Å². The van der Waals surface area contributed by atoms with Gasteiger partial charge < -0.3 is 4.90 Å². The van der Waals surface area contributed by atoms with Crippen molar-refractivity contribution in [2.75, 3.05) is 31.1 Å². The molecule has 1 aliphatic heterocycles. The zero-order chi connectivity index (χ0) is 19.7. The lowest BCUT2D eigenvalue weighted by atomic mass is 10.2. The Morgan fingerprint density at radius 2 is 2.00 bits per heavy atom. The highest BCUT2D eigenvalue weighted by Gasteiger charge is 2.19. The second-order valence-corrected chi connectivity index (χ2v) is 7.98. The molecule has 0 unspecified atom stereocenters. The number of aromatic nitrogens is 3. The van der Waals surface area contributed by atoms with Crippen LogP contribution in [0.3, 0.4) is 0 Å². The molecule has 148 valence electrons. The molecule has 1 saturated heterocycles. The normalized spacial score (nSPS) is 15.6. The second kappa shape index (κ2) is 7.92. The van der Waals surface area contributed by atoms with E-state index in [9.17, 15) is 13.6 Å². The topological polar surface area (TPSA) is 54.3 Å². The van der Waals surface area contributed by atoms with Gasteiger partial charge in [-0.15, -0.1) is 11.3 Å². The quantitative estimate of drug-likeness (QED) is 0.653. The Morgan fingerprint density at radius 1 is 1.21 bits per heavy atom. The summed E-state index contributed by atoms with van der Waals surface area (Å²) in [4.78, 5) is 25.7. The molecule has 1 aromatic carbocycles. The van der Waals surface area contributed by atoms with Crippen molar-refractivity contribution >= 4 is 27.9 Å². The Balaban J connectivity index is 1.45. The lowest BCUT2D eigenvalue weighted by molar-refractivity contribution is 0.125. The molecule has 0 spiro atoms. The van der Waals surface area contributed by atoms with Gasteiger partial charge in [-0.05, 0) is 25.1 Å². The Morgan fingerprint density at radius 3 is 2.68 bits per heavy atom. The highest BCUT2D eigenvalue weighted by atomic mass is 32.1. The minimum Gasteiger partial charge on any atom is -0.369 e. The first-order valence-electron chi connectivity index (χ1n) is 9.15. The Bertz CT molecular complexity index is 1030. The van der Waals surface area contributed by atoms with Gasteiger partial charge in [0.1, 0.15) is 0 Å². The van der Waals surface area contributed by atoms with Gasteiger partial charge in [0.2, 0.25) is 0 Å². The van der Waals surface area contributed by atoms with Crippen molar-refractivity contribution in [2.24, 2.45) is 0 Å². The van der Waals surface area contributed by atoms with E-state index in [1.807, 2.05) is 19.1 Å². The number of piperazine rings is 1. The number of hydrogen-bond donors (Lipinski definition) is 0. The summed E-state index contributed by atoms with van der Waals surface area (Å²) in [5, 5.41) is 3.56. The monoisotopic (exact) mass is 405 g/mol. The van der Waals surface area contributed by atoms with E-state index in [0.29, 0.717) is 10.9 Å². The molecule has 3 heterocycles. The first-order chi connectivity index (χ1) is 13.5. The molecule has 0 amide bonds.